The molecule has 2 saturated heterocycles. The molecule has 2 fully saturated rings. The molecule has 9 heteroatoms. The summed E-state index contributed by atoms with van der Waals surface area (Å²) in [6.45, 7) is 2.42. The number of carbonyl (C=O) groups is 1. The molecule has 1 atom stereocenters. The highest BCUT2D eigenvalue weighted by molar-refractivity contribution is 7.86. The molecule has 162 valence electrons. The second-order valence-corrected chi connectivity index (χ2v) is 9.47. The molecule has 3 rings (SSSR count). The summed E-state index contributed by atoms with van der Waals surface area (Å²) in [6.07, 6.45) is 3.91. The lowest BCUT2D eigenvalue weighted by Crippen LogP contribution is -2.50. The summed E-state index contributed by atoms with van der Waals surface area (Å²) in [6, 6.07) is 5.69. The smallest absolute Gasteiger partial charge is 0.281 e. The average molecular weight is 426 g/mol. The van der Waals surface area contributed by atoms with Crippen LogP contribution >= 0.6 is 0 Å². The number of nitrogens with zero attached hydrogens (tertiary/aromatic N) is 2. The van der Waals surface area contributed by atoms with E-state index in [9.17, 15) is 13.2 Å². The quantitative estimate of drug-likeness (QED) is 0.681. The van der Waals surface area contributed by atoms with Crippen LogP contribution in [0.1, 0.15) is 31.2 Å². The van der Waals surface area contributed by atoms with Gasteiger partial charge in [-0.2, -0.15) is 17.0 Å². The Balaban J connectivity index is 1.51. The summed E-state index contributed by atoms with van der Waals surface area (Å²) in [5.74, 6) is 0.950. The molecule has 2 heterocycles. The fourth-order valence-electron chi connectivity index (χ4n) is 3.96. The lowest BCUT2D eigenvalue weighted by molar-refractivity contribution is -0.126. The third kappa shape index (κ3) is 5.21. The van der Waals surface area contributed by atoms with E-state index in [4.69, 9.17) is 9.47 Å². The number of hydrogen-bond donors (Lipinski definition) is 1. The third-order valence-corrected chi connectivity index (χ3v) is 7.64. The van der Waals surface area contributed by atoms with Crippen LogP contribution < -0.4 is 14.8 Å². The van der Waals surface area contributed by atoms with Crippen LogP contribution in [0.3, 0.4) is 0 Å². The summed E-state index contributed by atoms with van der Waals surface area (Å²) in [5, 5.41) is 2.96. The number of ether oxygens (including phenoxy) is 2. The summed E-state index contributed by atoms with van der Waals surface area (Å²) in [7, 11) is -0.261. The Morgan fingerprint density at radius 3 is 2.45 bits per heavy atom. The molecule has 0 aromatic heterocycles. The Morgan fingerprint density at radius 1 is 1.07 bits per heavy atom. The topological polar surface area (TPSA) is 88.2 Å². The van der Waals surface area contributed by atoms with Gasteiger partial charge in [0.15, 0.2) is 11.5 Å². The monoisotopic (exact) mass is 425 g/mol. The molecule has 1 N–H and O–H groups in total. The minimum Gasteiger partial charge on any atom is -0.493 e. The van der Waals surface area contributed by atoms with E-state index in [2.05, 4.69) is 5.32 Å². The normalized spacial score (nSPS) is 21.1. The Morgan fingerprint density at radius 2 is 1.76 bits per heavy atom. The van der Waals surface area contributed by atoms with Gasteiger partial charge in [-0.05, 0) is 49.8 Å². The first kappa shape index (κ1) is 21.9. The van der Waals surface area contributed by atoms with Gasteiger partial charge in [-0.25, -0.2) is 0 Å². The van der Waals surface area contributed by atoms with Crippen LogP contribution in [-0.4, -0.2) is 69.9 Å². The van der Waals surface area contributed by atoms with Gasteiger partial charge in [0.25, 0.3) is 10.2 Å². The number of benzene rings is 1. The molecule has 2 aliphatic heterocycles. The lowest BCUT2D eigenvalue weighted by atomic mass is 9.99. The first-order valence-corrected chi connectivity index (χ1v) is 11.6. The van der Waals surface area contributed by atoms with Crippen molar-refractivity contribution in [2.45, 2.75) is 32.1 Å². The van der Waals surface area contributed by atoms with Crippen molar-refractivity contribution in [2.75, 3.05) is 46.9 Å². The molecular formula is C20H31N3O5S. The van der Waals surface area contributed by atoms with E-state index in [1.165, 1.54) is 4.31 Å². The fraction of sp³-hybridized carbons (Fsp3) is 0.650. The number of methoxy groups -OCH3 is 2. The second-order valence-electron chi connectivity index (χ2n) is 7.54. The van der Waals surface area contributed by atoms with Crippen LogP contribution in [0.4, 0.5) is 0 Å². The maximum atomic E-state index is 12.8. The molecular weight excluding hydrogens is 394 g/mol. The second kappa shape index (κ2) is 9.77. The van der Waals surface area contributed by atoms with Gasteiger partial charge in [0, 0.05) is 32.7 Å². The predicted molar refractivity (Wildman–Crippen MR) is 110 cm³/mol. The maximum Gasteiger partial charge on any atom is 0.281 e. The largest absolute Gasteiger partial charge is 0.493 e. The highest BCUT2D eigenvalue weighted by Crippen LogP contribution is 2.28. The number of piperidine rings is 1. The molecule has 0 saturated carbocycles. The van der Waals surface area contributed by atoms with Crippen molar-refractivity contribution in [3.8, 4) is 11.5 Å². The van der Waals surface area contributed by atoms with E-state index in [1.807, 2.05) is 18.2 Å². The van der Waals surface area contributed by atoms with Crippen LogP contribution in [0.15, 0.2) is 18.2 Å². The van der Waals surface area contributed by atoms with Gasteiger partial charge in [0.2, 0.25) is 5.91 Å². The van der Waals surface area contributed by atoms with Gasteiger partial charge in [-0.15, -0.1) is 0 Å². The molecule has 8 nitrogen and oxygen atoms in total. The van der Waals surface area contributed by atoms with E-state index in [1.54, 1.807) is 18.5 Å². The summed E-state index contributed by atoms with van der Waals surface area (Å²) >= 11 is 0. The summed E-state index contributed by atoms with van der Waals surface area (Å²) in [4.78, 5) is 12.6. The molecule has 1 aromatic rings. The Labute approximate surface area is 173 Å². The van der Waals surface area contributed by atoms with Crippen LogP contribution in [0.2, 0.25) is 0 Å². The van der Waals surface area contributed by atoms with Crippen LogP contribution in [0, 0.1) is 5.92 Å². The number of rotatable bonds is 8. The highest BCUT2D eigenvalue weighted by atomic mass is 32.2. The van der Waals surface area contributed by atoms with Crippen molar-refractivity contribution in [3.05, 3.63) is 23.8 Å². The zero-order valence-corrected chi connectivity index (χ0v) is 18.0. The number of nitrogens with one attached hydrogen (secondary N) is 1. The maximum absolute atomic E-state index is 12.8. The molecule has 0 bridgehead atoms. The minimum absolute atomic E-state index is 0.0770. The summed E-state index contributed by atoms with van der Waals surface area (Å²) < 4.78 is 39.1. The number of amides is 1. The predicted octanol–water partition coefficient (Wildman–Crippen LogP) is 1.42. The molecule has 2 aliphatic rings. The van der Waals surface area contributed by atoms with Crippen molar-refractivity contribution in [1.82, 2.24) is 13.9 Å². The van der Waals surface area contributed by atoms with E-state index >= 15 is 0 Å². The van der Waals surface area contributed by atoms with E-state index < -0.39 is 10.2 Å². The molecule has 1 amide bonds. The molecule has 1 unspecified atom stereocenters. The van der Waals surface area contributed by atoms with Gasteiger partial charge in [0.1, 0.15) is 0 Å². The molecule has 0 spiro atoms. The van der Waals surface area contributed by atoms with Crippen LogP contribution in [-0.2, 0) is 21.4 Å². The summed E-state index contributed by atoms with van der Waals surface area (Å²) in [5.41, 5.74) is 1.03. The van der Waals surface area contributed by atoms with Crippen LogP contribution in [0.5, 0.6) is 11.5 Å². The van der Waals surface area contributed by atoms with Crippen LogP contribution in [0.25, 0.3) is 0 Å². The van der Waals surface area contributed by atoms with Crippen molar-refractivity contribution in [2.24, 2.45) is 5.92 Å². The highest BCUT2D eigenvalue weighted by Gasteiger charge is 2.36. The van der Waals surface area contributed by atoms with Crippen molar-refractivity contribution in [3.63, 3.8) is 0 Å². The molecule has 1 aromatic carbocycles. The molecule has 0 radical (unpaired) electrons. The average Bonchev–Trinajstić information content (AvgIpc) is 3.29. The number of hydrogen-bond acceptors (Lipinski definition) is 5. The van der Waals surface area contributed by atoms with Gasteiger partial charge in [-0.1, -0.05) is 6.07 Å². The van der Waals surface area contributed by atoms with Gasteiger partial charge in [0.05, 0.1) is 20.1 Å². The van der Waals surface area contributed by atoms with Gasteiger partial charge >= 0.3 is 0 Å². The van der Waals surface area contributed by atoms with Gasteiger partial charge in [-0.3, -0.25) is 4.79 Å². The number of carbonyl (C=O) groups excluding carboxylic acids is 1. The van der Waals surface area contributed by atoms with Crippen molar-refractivity contribution in [1.29, 1.82) is 0 Å². The SMILES string of the molecule is COc1ccc(CCNC(=O)C2CCCN(S(=O)(=O)N3CCCC3)C2)cc1OC. The Hall–Kier alpha value is -1.84. The Bertz CT molecular complexity index is 808. The molecule has 0 aliphatic carbocycles. The van der Waals surface area contributed by atoms with E-state index in [0.717, 1.165) is 18.4 Å². The minimum atomic E-state index is -3.45. The standard InChI is InChI=1S/C20H31N3O5S/c1-27-18-8-7-16(14-19(18)28-2)9-10-21-20(24)17-6-5-13-23(15-17)29(25,26)22-11-3-4-12-22/h7-8,14,17H,3-6,9-13,15H2,1-2H3,(H,21,24). The fourth-order valence-corrected chi connectivity index (χ4v) is 5.73. The third-order valence-electron chi connectivity index (χ3n) is 5.63. The Kier molecular flexibility index (Phi) is 7.37. The lowest BCUT2D eigenvalue weighted by Gasteiger charge is -2.33. The first-order chi connectivity index (χ1) is 14.0. The molecule has 29 heavy (non-hydrogen) atoms. The first-order valence-electron chi connectivity index (χ1n) is 10.2. The van der Waals surface area contributed by atoms with E-state index in [-0.39, 0.29) is 18.4 Å². The zero-order chi connectivity index (χ0) is 20.9. The van der Waals surface area contributed by atoms with Crippen molar-refractivity contribution < 1.29 is 22.7 Å². The van der Waals surface area contributed by atoms with Crippen molar-refractivity contribution >= 4 is 16.1 Å². The van der Waals surface area contributed by atoms with Gasteiger partial charge < -0.3 is 14.8 Å². The zero-order valence-electron chi connectivity index (χ0n) is 17.2. The van der Waals surface area contributed by atoms with E-state index in [0.29, 0.717) is 56.9 Å².